The lowest BCUT2D eigenvalue weighted by atomic mass is 9.90. The molecule has 0 radical (unpaired) electrons. The van der Waals surface area contributed by atoms with E-state index < -0.39 is 0 Å². The maximum Gasteiger partial charge on any atom is 0.193 e. The molecule has 0 saturated carbocycles. The Hall–Kier alpha value is -1.57. The van der Waals surface area contributed by atoms with Crippen molar-refractivity contribution in [2.45, 2.75) is 32.1 Å². The molecule has 3 N–H and O–H groups in total. The minimum Gasteiger partial charge on any atom is -0.370 e. The number of guanidine groups is 1. The van der Waals surface area contributed by atoms with Gasteiger partial charge in [-0.1, -0.05) is 12.1 Å². The van der Waals surface area contributed by atoms with Gasteiger partial charge < -0.3 is 11.1 Å². The quantitative estimate of drug-likeness (QED) is 0.450. The average Bonchev–Trinajstić information content (AvgIpc) is 2.93. The van der Waals surface area contributed by atoms with E-state index in [0.717, 1.165) is 24.2 Å². The van der Waals surface area contributed by atoms with Crippen LogP contribution >= 0.6 is 24.0 Å². The number of aliphatic imine (C=N–C) groups is 1. The third kappa shape index (κ3) is 4.46. The normalized spacial score (nSPS) is 14.0. The number of hydrogen-bond donors (Lipinski definition) is 2. The van der Waals surface area contributed by atoms with Gasteiger partial charge in [-0.25, -0.2) is 0 Å². The molecule has 1 aromatic carbocycles. The summed E-state index contributed by atoms with van der Waals surface area (Å²) in [5.74, 6) is 0.487. The number of aryl methyl sites for hydroxylation is 2. The van der Waals surface area contributed by atoms with Crippen molar-refractivity contribution in [2.24, 2.45) is 17.8 Å². The first-order chi connectivity index (χ1) is 10.7. The van der Waals surface area contributed by atoms with Crippen LogP contribution in [-0.2, 0) is 26.3 Å². The van der Waals surface area contributed by atoms with Crippen LogP contribution in [0.25, 0.3) is 0 Å². The van der Waals surface area contributed by atoms with Gasteiger partial charge in [0, 0.05) is 37.6 Å². The molecule has 0 atom stereocenters. The first-order valence-electron chi connectivity index (χ1n) is 7.88. The summed E-state index contributed by atoms with van der Waals surface area (Å²) in [6.07, 6.45) is 7.47. The second kappa shape index (κ2) is 8.33. The minimum atomic E-state index is 0. The van der Waals surface area contributed by atoms with Crippen LogP contribution < -0.4 is 11.1 Å². The third-order valence-electron chi connectivity index (χ3n) is 4.23. The minimum absolute atomic E-state index is 0. The first kappa shape index (κ1) is 17.8. The maximum absolute atomic E-state index is 6.03. The zero-order valence-corrected chi connectivity index (χ0v) is 15.8. The number of benzene rings is 1. The molecular formula is C17H24IN5. The topological polar surface area (TPSA) is 68.2 Å². The molecule has 6 heteroatoms. The highest BCUT2D eigenvalue weighted by Gasteiger charge is 2.13. The van der Waals surface area contributed by atoms with E-state index in [1.807, 2.05) is 17.8 Å². The number of aromatic nitrogens is 2. The molecule has 5 nitrogen and oxygen atoms in total. The number of halogens is 1. The number of rotatable bonds is 4. The standard InChI is InChI=1S/C17H23N5.HI/c1-22-14(10-12-20-22)9-11-19-17(18)21-16-8-4-6-13-5-2-3-7-15(13)16;/h4,6,8,10,12H,2-3,5,7,9,11H2,1H3,(H3,18,19,21);1H. The van der Waals surface area contributed by atoms with E-state index in [4.69, 9.17) is 5.73 Å². The van der Waals surface area contributed by atoms with Gasteiger partial charge in [-0.3, -0.25) is 9.67 Å². The largest absolute Gasteiger partial charge is 0.370 e. The second-order valence-corrected chi connectivity index (χ2v) is 5.74. The lowest BCUT2D eigenvalue weighted by Gasteiger charge is -2.19. The van der Waals surface area contributed by atoms with Crippen LogP contribution in [0.5, 0.6) is 0 Å². The number of hydrogen-bond acceptors (Lipinski definition) is 2. The summed E-state index contributed by atoms with van der Waals surface area (Å²) in [5.41, 5.74) is 11.1. The van der Waals surface area contributed by atoms with Crippen molar-refractivity contribution < 1.29 is 0 Å². The number of nitrogens with one attached hydrogen (secondary N) is 1. The zero-order valence-electron chi connectivity index (χ0n) is 13.5. The molecule has 0 fully saturated rings. The van der Waals surface area contributed by atoms with Crippen molar-refractivity contribution in [3.8, 4) is 0 Å². The summed E-state index contributed by atoms with van der Waals surface area (Å²) < 4.78 is 1.87. The molecule has 0 spiro atoms. The molecular weight excluding hydrogens is 401 g/mol. The summed E-state index contributed by atoms with van der Waals surface area (Å²) in [4.78, 5) is 4.43. The van der Waals surface area contributed by atoms with Gasteiger partial charge in [-0.05, 0) is 48.9 Å². The summed E-state index contributed by atoms with van der Waals surface area (Å²) in [6.45, 7) is 0.660. The van der Waals surface area contributed by atoms with Crippen molar-refractivity contribution in [1.29, 1.82) is 0 Å². The Bertz CT molecular complexity index is 677. The Balaban J connectivity index is 0.00000192. The van der Waals surface area contributed by atoms with E-state index in [1.54, 1.807) is 6.20 Å². The Labute approximate surface area is 154 Å². The zero-order chi connectivity index (χ0) is 15.4. The van der Waals surface area contributed by atoms with Crippen LogP contribution in [-0.4, -0.2) is 22.3 Å². The van der Waals surface area contributed by atoms with Crippen molar-refractivity contribution in [2.75, 3.05) is 11.9 Å². The molecule has 2 aromatic rings. The van der Waals surface area contributed by atoms with Gasteiger partial charge in [-0.2, -0.15) is 5.10 Å². The van der Waals surface area contributed by atoms with Crippen LogP contribution in [0.2, 0.25) is 0 Å². The van der Waals surface area contributed by atoms with Gasteiger partial charge in [0.15, 0.2) is 5.96 Å². The van der Waals surface area contributed by atoms with Crippen LogP contribution in [0, 0.1) is 0 Å². The summed E-state index contributed by atoms with van der Waals surface area (Å²) >= 11 is 0. The Kier molecular flexibility index (Phi) is 6.44. The molecule has 0 amide bonds. The summed E-state index contributed by atoms with van der Waals surface area (Å²) in [6, 6.07) is 8.41. The van der Waals surface area contributed by atoms with E-state index in [0.29, 0.717) is 12.5 Å². The van der Waals surface area contributed by atoms with Crippen LogP contribution in [0.1, 0.15) is 29.7 Å². The molecule has 3 rings (SSSR count). The summed E-state index contributed by atoms with van der Waals surface area (Å²) in [7, 11) is 1.94. The van der Waals surface area contributed by atoms with E-state index in [1.165, 1.54) is 30.4 Å². The Morgan fingerprint density at radius 2 is 2.13 bits per heavy atom. The SMILES string of the molecule is Cn1nccc1CCN=C(N)Nc1cccc2c1CCCC2.I. The van der Waals surface area contributed by atoms with Crippen LogP contribution in [0.15, 0.2) is 35.5 Å². The predicted molar refractivity (Wildman–Crippen MR) is 106 cm³/mol. The van der Waals surface area contributed by atoms with Gasteiger partial charge >= 0.3 is 0 Å². The highest BCUT2D eigenvalue weighted by Crippen LogP contribution is 2.27. The van der Waals surface area contributed by atoms with Gasteiger partial charge in [0.25, 0.3) is 0 Å². The summed E-state index contributed by atoms with van der Waals surface area (Å²) in [5, 5.41) is 7.42. The molecule has 1 aliphatic carbocycles. The van der Waals surface area contributed by atoms with Crippen LogP contribution in [0.3, 0.4) is 0 Å². The predicted octanol–water partition coefficient (Wildman–Crippen LogP) is 2.89. The number of fused-ring (bicyclic) bond motifs is 1. The molecule has 0 unspecified atom stereocenters. The Morgan fingerprint density at radius 3 is 2.91 bits per heavy atom. The maximum atomic E-state index is 6.03. The smallest absolute Gasteiger partial charge is 0.193 e. The molecule has 124 valence electrons. The van der Waals surface area contributed by atoms with Crippen molar-refractivity contribution >= 4 is 35.6 Å². The van der Waals surface area contributed by atoms with Crippen LogP contribution in [0.4, 0.5) is 5.69 Å². The number of nitrogens with two attached hydrogens (primary N) is 1. The lowest BCUT2D eigenvalue weighted by molar-refractivity contribution is 0.687. The molecule has 1 aliphatic rings. The monoisotopic (exact) mass is 425 g/mol. The Morgan fingerprint density at radius 1 is 1.30 bits per heavy atom. The third-order valence-corrected chi connectivity index (χ3v) is 4.23. The molecule has 23 heavy (non-hydrogen) atoms. The molecule has 1 aromatic heterocycles. The van der Waals surface area contributed by atoms with E-state index in [-0.39, 0.29) is 24.0 Å². The van der Waals surface area contributed by atoms with E-state index >= 15 is 0 Å². The van der Waals surface area contributed by atoms with Crippen molar-refractivity contribution in [3.05, 3.63) is 47.3 Å². The average molecular weight is 425 g/mol. The second-order valence-electron chi connectivity index (χ2n) is 5.74. The van der Waals surface area contributed by atoms with Crippen molar-refractivity contribution in [1.82, 2.24) is 9.78 Å². The number of nitrogens with zero attached hydrogens (tertiary/aromatic N) is 3. The van der Waals surface area contributed by atoms with E-state index in [9.17, 15) is 0 Å². The van der Waals surface area contributed by atoms with Gasteiger partial charge in [-0.15, -0.1) is 24.0 Å². The fraction of sp³-hybridized carbons (Fsp3) is 0.412. The fourth-order valence-corrected chi connectivity index (χ4v) is 3.01. The highest BCUT2D eigenvalue weighted by atomic mass is 127. The van der Waals surface area contributed by atoms with Gasteiger partial charge in [0.05, 0.1) is 0 Å². The highest BCUT2D eigenvalue weighted by molar-refractivity contribution is 14.0. The fourth-order valence-electron chi connectivity index (χ4n) is 3.01. The number of anilines is 1. The molecule has 0 bridgehead atoms. The van der Waals surface area contributed by atoms with Crippen molar-refractivity contribution in [3.63, 3.8) is 0 Å². The van der Waals surface area contributed by atoms with Gasteiger partial charge in [0.1, 0.15) is 0 Å². The van der Waals surface area contributed by atoms with Gasteiger partial charge in [0.2, 0.25) is 0 Å². The lowest BCUT2D eigenvalue weighted by Crippen LogP contribution is -2.24. The molecule has 1 heterocycles. The molecule has 0 saturated heterocycles. The van der Waals surface area contributed by atoms with E-state index in [2.05, 4.69) is 33.6 Å². The molecule has 0 aliphatic heterocycles. The first-order valence-corrected chi connectivity index (χ1v) is 7.88.